The second-order valence-corrected chi connectivity index (χ2v) is 8.17. The zero-order valence-corrected chi connectivity index (χ0v) is 15.8. The lowest BCUT2D eigenvalue weighted by Crippen LogP contribution is -2.27. The summed E-state index contributed by atoms with van der Waals surface area (Å²) in [4.78, 5) is 11.1. The number of fused-ring (bicyclic) bond motifs is 1. The molecule has 0 unspecified atom stereocenters. The largest absolute Gasteiger partial charge is 0.350 e. The maximum absolute atomic E-state index is 13.8. The van der Waals surface area contributed by atoms with Gasteiger partial charge >= 0.3 is 0 Å². The molecule has 1 aromatic carbocycles. The van der Waals surface area contributed by atoms with Gasteiger partial charge in [0.15, 0.2) is 5.65 Å². The standard InChI is InChI=1S/C20H23F2N5/c1-19(2,3)18-24-16(26-10-9-20(21,22)13-26)15-11-23-27(17(15)25-18)12-14-7-5-4-6-8-14/h4-8,11H,9-10,12-13H2,1-3H3. The maximum Gasteiger partial charge on any atom is 0.266 e. The second-order valence-electron chi connectivity index (χ2n) is 8.17. The number of halogens is 2. The molecular weight excluding hydrogens is 348 g/mol. The summed E-state index contributed by atoms with van der Waals surface area (Å²) >= 11 is 0. The van der Waals surface area contributed by atoms with E-state index in [0.29, 0.717) is 23.8 Å². The molecule has 27 heavy (non-hydrogen) atoms. The van der Waals surface area contributed by atoms with Crippen molar-refractivity contribution in [3.8, 4) is 0 Å². The summed E-state index contributed by atoms with van der Waals surface area (Å²) in [6, 6.07) is 9.99. The Kier molecular flexibility index (Phi) is 4.13. The highest BCUT2D eigenvalue weighted by molar-refractivity contribution is 5.87. The van der Waals surface area contributed by atoms with E-state index in [1.54, 1.807) is 11.1 Å². The molecule has 1 saturated heterocycles. The lowest BCUT2D eigenvalue weighted by atomic mass is 9.95. The van der Waals surface area contributed by atoms with Gasteiger partial charge in [0.1, 0.15) is 11.6 Å². The molecule has 0 amide bonds. The van der Waals surface area contributed by atoms with Gasteiger partial charge in [0, 0.05) is 18.4 Å². The Morgan fingerprint density at radius 2 is 1.85 bits per heavy atom. The van der Waals surface area contributed by atoms with Crippen LogP contribution in [0.3, 0.4) is 0 Å². The molecule has 0 aliphatic carbocycles. The van der Waals surface area contributed by atoms with Gasteiger partial charge in [0.25, 0.3) is 5.92 Å². The van der Waals surface area contributed by atoms with E-state index in [-0.39, 0.29) is 24.9 Å². The van der Waals surface area contributed by atoms with Gasteiger partial charge in [-0.3, -0.25) is 0 Å². The first-order valence-electron chi connectivity index (χ1n) is 9.14. The Bertz CT molecular complexity index is 960. The Hall–Kier alpha value is -2.57. The highest BCUT2D eigenvalue weighted by Crippen LogP contribution is 2.34. The van der Waals surface area contributed by atoms with Gasteiger partial charge in [-0.05, 0) is 5.56 Å². The summed E-state index contributed by atoms with van der Waals surface area (Å²) in [6.07, 6.45) is 1.54. The molecule has 4 rings (SSSR count). The van der Waals surface area contributed by atoms with Crippen molar-refractivity contribution in [2.75, 3.05) is 18.0 Å². The van der Waals surface area contributed by atoms with E-state index in [9.17, 15) is 8.78 Å². The van der Waals surface area contributed by atoms with Gasteiger partial charge in [0.05, 0.1) is 24.7 Å². The summed E-state index contributed by atoms with van der Waals surface area (Å²) in [5.41, 5.74) is 1.49. The number of rotatable bonds is 3. The predicted octanol–water partition coefficient (Wildman–Crippen LogP) is 4.02. The maximum atomic E-state index is 13.8. The average Bonchev–Trinajstić information content (AvgIpc) is 3.17. The molecule has 0 bridgehead atoms. The van der Waals surface area contributed by atoms with Gasteiger partial charge in [-0.2, -0.15) is 5.10 Å². The molecular formula is C20H23F2N5. The summed E-state index contributed by atoms with van der Waals surface area (Å²) in [6.45, 7) is 6.61. The van der Waals surface area contributed by atoms with E-state index in [1.807, 2.05) is 55.8 Å². The van der Waals surface area contributed by atoms with E-state index < -0.39 is 5.92 Å². The minimum absolute atomic E-state index is 0.151. The molecule has 1 aliphatic heterocycles. The summed E-state index contributed by atoms with van der Waals surface area (Å²) in [7, 11) is 0. The van der Waals surface area contributed by atoms with Crippen molar-refractivity contribution in [3.63, 3.8) is 0 Å². The fraction of sp³-hybridized carbons (Fsp3) is 0.450. The fourth-order valence-electron chi connectivity index (χ4n) is 3.31. The van der Waals surface area contributed by atoms with Crippen LogP contribution in [-0.2, 0) is 12.0 Å². The van der Waals surface area contributed by atoms with Crippen molar-refractivity contribution < 1.29 is 8.78 Å². The van der Waals surface area contributed by atoms with Crippen molar-refractivity contribution in [2.24, 2.45) is 0 Å². The molecule has 5 nitrogen and oxygen atoms in total. The molecule has 7 heteroatoms. The number of hydrogen-bond donors (Lipinski definition) is 0. The lowest BCUT2D eigenvalue weighted by molar-refractivity contribution is 0.0257. The third-order valence-electron chi connectivity index (χ3n) is 4.79. The zero-order valence-electron chi connectivity index (χ0n) is 15.8. The number of alkyl halides is 2. The fourth-order valence-corrected chi connectivity index (χ4v) is 3.31. The van der Waals surface area contributed by atoms with E-state index in [1.165, 1.54) is 0 Å². The number of benzene rings is 1. The molecule has 0 saturated carbocycles. The molecule has 3 heterocycles. The van der Waals surface area contributed by atoms with Crippen molar-refractivity contribution in [1.29, 1.82) is 0 Å². The molecule has 0 radical (unpaired) electrons. The van der Waals surface area contributed by atoms with E-state index in [2.05, 4.69) is 10.1 Å². The Balaban J connectivity index is 1.83. The van der Waals surface area contributed by atoms with Crippen LogP contribution in [0.15, 0.2) is 36.5 Å². The predicted molar refractivity (Wildman–Crippen MR) is 101 cm³/mol. The first kappa shape index (κ1) is 17.8. The SMILES string of the molecule is CC(C)(C)c1nc(N2CCC(F)(F)C2)c2cnn(Cc3ccccc3)c2n1. The van der Waals surface area contributed by atoms with Gasteiger partial charge in [0.2, 0.25) is 0 Å². The zero-order chi connectivity index (χ0) is 19.2. The van der Waals surface area contributed by atoms with Crippen molar-refractivity contribution in [3.05, 3.63) is 47.9 Å². The van der Waals surface area contributed by atoms with Crippen LogP contribution in [0.2, 0.25) is 0 Å². The minimum Gasteiger partial charge on any atom is -0.350 e. The number of hydrogen-bond acceptors (Lipinski definition) is 4. The molecule has 1 fully saturated rings. The highest BCUT2D eigenvalue weighted by atomic mass is 19.3. The van der Waals surface area contributed by atoms with Gasteiger partial charge in [-0.1, -0.05) is 51.1 Å². The number of nitrogens with zero attached hydrogens (tertiary/aromatic N) is 5. The van der Waals surface area contributed by atoms with Crippen LogP contribution in [0, 0.1) is 0 Å². The summed E-state index contributed by atoms with van der Waals surface area (Å²) < 4.78 is 29.4. The van der Waals surface area contributed by atoms with Crippen molar-refractivity contribution in [1.82, 2.24) is 19.7 Å². The third kappa shape index (κ3) is 3.50. The topological polar surface area (TPSA) is 46.8 Å². The van der Waals surface area contributed by atoms with Crippen LogP contribution >= 0.6 is 0 Å². The van der Waals surface area contributed by atoms with Crippen molar-refractivity contribution >= 4 is 16.9 Å². The van der Waals surface area contributed by atoms with Crippen LogP contribution in [0.1, 0.15) is 38.6 Å². The Labute approximate surface area is 157 Å². The summed E-state index contributed by atoms with van der Waals surface area (Å²) in [5, 5.41) is 5.20. The van der Waals surface area contributed by atoms with Crippen molar-refractivity contribution in [2.45, 2.75) is 45.1 Å². The molecule has 2 aromatic heterocycles. The van der Waals surface area contributed by atoms with Crippen LogP contribution in [-0.4, -0.2) is 38.8 Å². The quantitative estimate of drug-likeness (QED) is 0.698. The smallest absolute Gasteiger partial charge is 0.266 e. The molecule has 0 atom stereocenters. The number of anilines is 1. The van der Waals surface area contributed by atoms with Gasteiger partial charge < -0.3 is 4.90 Å². The summed E-state index contributed by atoms with van der Waals surface area (Å²) in [5.74, 6) is -1.49. The Morgan fingerprint density at radius 1 is 1.11 bits per heavy atom. The van der Waals surface area contributed by atoms with Gasteiger partial charge in [-0.25, -0.2) is 23.4 Å². The lowest BCUT2D eigenvalue weighted by Gasteiger charge is -2.22. The molecule has 1 aliphatic rings. The van der Waals surface area contributed by atoms with E-state index in [0.717, 1.165) is 10.9 Å². The second kappa shape index (κ2) is 6.25. The molecule has 3 aromatic rings. The third-order valence-corrected chi connectivity index (χ3v) is 4.79. The van der Waals surface area contributed by atoms with Crippen LogP contribution in [0.25, 0.3) is 11.0 Å². The molecule has 0 N–H and O–H groups in total. The van der Waals surface area contributed by atoms with Crippen LogP contribution < -0.4 is 4.90 Å². The molecule has 0 spiro atoms. The number of aromatic nitrogens is 4. The highest BCUT2D eigenvalue weighted by Gasteiger charge is 2.40. The van der Waals surface area contributed by atoms with E-state index in [4.69, 9.17) is 4.98 Å². The minimum atomic E-state index is -2.68. The van der Waals surface area contributed by atoms with E-state index >= 15 is 0 Å². The first-order chi connectivity index (χ1) is 12.7. The monoisotopic (exact) mass is 371 g/mol. The molecule has 142 valence electrons. The van der Waals surface area contributed by atoms with Crippen LogP contribution in [0.4, 0.5) is 14.6 Å². The average molecular weight is 371 g/mol. The van der Waals surface area contributed by atoms with Crippen LogP contribution in [0.5, 0.6) is 0 Å². The Morgan fingerprint density at radius 3 is 2.48 bits per heavy atom. The van der Waals surface area contributed by atoms with Gasteiger partial charge in [-0.15, -0.1) is 0 Å². The first-order valence-corrected chi connectivity index (χ1v) is 9.14. The normalized spacial score (nSPS) is 17.0.